The number of nitrogens with one attached hydrogen (secondary N) is 1. The Morgan fingerprint density at radius 2 is 2.19 bits per heavy atom. The van der Waals surface area contributed by atoms with Gasteiger partial charge in [0, 0.05) is 25.4 Å². The Morgan fingerprint density at radius 3 is 2.92 bits per heavy atom. The number of anilines is 1. The van der Waals surface area contributed by atoms with Gasteiger partial charge in [0.15, 0.2) is 5.82 Å². The van der Waals surface area contributed by atoms with Crippen LogP contribution in [0.15, 0.2) is 30.5 Å². The Bertz CT molecular complexity index is 889. The Labute approximate surface area is 148 Å². The van der Waals surface area contributed by atoms with Gasteiger partial charge in [-0.25, -0.2) is 13.9 Å². The summed E-state index contributed by atoms with van der Waals surface area (Å²) in [6, 6.07) is 6.76. The number of urea groups is 1. The number of aliphatic carboxylic acids is 1. The molecule has 8 nitrogen and oxygen atoms in total. The second-order valence-corrected chi connectivity index (χ2v) is 5.97. The molecule has 1 aliphatic heterocycles. The van der Waals surface area contributed by atoms with Crippen LogP contribution in [0.1, 0.15) is 18.4 Å². The van der Waals surface area contributed by atoms with Crippen LogP contribution in [0.4, 0.5) is 15.0 Å². The van der Waals surface area contributed by atoms with E-state index >= 15 is 0 Å². The number of hydrogen-bond donors (Lipinski definition) is 2. The largest absolute Gasteiger partial charge is 0.481 e. The van der Waals surface area contributed by atoms with Crippen LogP contribution in [0.25, 0.3) is 5.69 Å². The third-order valence-electron chi connectivity index (χ3n) is 4.21. The minimum atomic E-state index is -0.910. The van der Waals surface area contributed by atoms with Gasteiger partial charge in [-0.1, -0.05) is 0 Å². The fraction of sp³-hybridized carbons (Fsp3) is 0.294. The fourth-order valence-corrected chi connectivity index (χ4v) is 2.87. The summed E-state index contributed by atoms with van der Waals surface area (Å²) in [6.45, 7) is 0.630. The normalized spacial score (nSPS) is 16.8. The highest BCUT2D eigenvalue weighted by molar-refractivity contribution is 5.88. The molecule has 26 heavy (non-hydrogen) atoms. The highest BCUT2D eigenvalue weighted by atomic mass is 19.1. The van der Waals surface area contributed by atoms with Gasteiger partial charge in [0.2, 0.25) is 0 Å². The van der Waals surface area contributed by atoms with Crippen molar-refractivity contribution >= 4 is 17.8 Å². The number of halogens is 1. The van der Waals surface area contributed by atoms with Gasteiger partial charge in [-0.3, -0.25) is 10.1 Å². The summed E-state index contributed by atoms with van der Waals surface area (Å²) in [5.41, 5.74) is 0.504. The van der Waals surface area contributed by atoms with E-state index in [9.17, 15) is 14.0 Å². The van der Waals surface area contributed by atoms with Crippen LogP contribution in [-0.4, -0.2) is 44.9 Å². The lowest BCUT2D eigenvalue weighted by molar-refractivity contribution is -0.143. The van der Waals surface area contributed by atoms with Crippen LogP contribution in [0.3, 0.4) is 0 Å². The number of nitrogens with zero attached hydrogens (tertiary/aromatic N) is 4. The quantitative estimate of drug-likeness (QED) is 0.875. The Hall–Kier alpha value is -3.41. The highest BCUT2D eigenvalue weighted by Gasteiger charge is 2.28. The first kappa shape index (κ1) is 17.4. The predicted molar refractivity (Wildman–Crippen MR) is 89.2 cm³/mol. The van der Waals surface area contributed by atoms with Crippen LogP contribution < -0.4 is 5.32 Å². The van der Waals surface area contributed by atoms with E-state index in [1.165, 1.54) is 21.7 Å². The van der Waals surface area contributed by atoms with E-state index < -0.39 is 23.7 Å². The molecule has 2 aromatic rings. The zero-order valence-corrected chi connectivity index (χ0v) is 13.7. The van der Waals surface area contributed by atoms with E-state index in [2.05, 4.69) is 10.4 Å². The van der Waals surface area contributed by atoms with Crippen molar-refractivity contribution in [2.24, 2.45) is 5.92 Å². The number of nitriles is 1. The molecule has 1 aromatic carbocycles. The van der Waals surface area contributed by atoms with Crippen molar-refractivity contribution in [1.29, 1.82) is 5.26 Å². The maximum absolute atomic E-state index is 13.2. The number of rotatable bonds is 3. The van der Waals surface area contributed by atoms with E-state index in [1.807, 2.05) is 6.07 Å². The zero-order chi connectivity index (χ0) is 18.7. The molecule has 2 heterocycles. The fourth-order valence-electron chi connectivity index (χ4n) is 2.87. The SMILES string of the molecule is N#Cc1cc(F)ccc1-n1ccc(NC(=O)N2CCCC(C(=O)O)C2)n1. The van der Waals surface area contributed by atoms with Crippen molar-refractivity contribution in [3.8, 4) is 11.8 Å². The van der Waals surface area contributed by atoms with Crippen molar-refractivity contribution < 1.29 is 19.1 Å². The van der Waals surface area contributed by atoms with Crippen LogP contribution in [-0.2, 0) is 4.79 Å². The van der Waals surface area contributed by atoms with Crippen LogP contribution in [0.2, 0.25) is 0 Å². The minimum absolute atomic E-state index is 0.117. The average molecular weight is 357 g/mol. The van der Waals surface area contributed by atoms with Gasteiger partial charge < -0.3 is 10.0 Å². The van der Waals surface area contributed by atoms with Gasteiger partial charge in [-0.2, -0.15) is 5.26 Å². The number of aromatic nitrogens is 2. The molecule has 134 valence electrons. The number of hydrogen-bond acceptors (Lipinski definition) is 4. The van der Waals surface area contributed by atoms with E-state index in [1.54, 1.807) is 12.3 Å². The van der Waals surface area contributed by atoms with Gasteiger partial charge in [-0.05, 0) is 31.0 Å². The number of likely N-dealkylation sites (tertiary alicyclic amines) is 1. The average Bonchev–Trinajstić information content (AvgIpc) is 3.09. The predicted octanol–water partition coefficient (Wildman–Crippen LogP) is 2.21. The smallest absolute Gasteiger partial charge is 0.323 e. The van der Waals surface area contributed by atoms with Gasteiger partial charge in [0.25, 0.3) is 0 Å². The number of carboxylic acid groups (broad SMARTS) is 1. The summed E-state index contributed by atoms with van der Waals surface area (Å²) in [6.07, 6.45) is 2.72. The van der Waals surface area contributed by atoms with Gasteiger partial charge in [-0.15, -0.1) is 5.10 Å². The molecule has 0 radical (unpaired) electrons. The molecular formula is C17H16FN5O3. The second kappa shape index (κ2) is 7.23. The molecule has 0 aliphatic carbocycles. The molecule has 1 saturated heterocycles. The number of benzene rings is 1. The number of amides is 2. The minimum Gasteiger partial charge on any atom is -0.481 e. The van der Waals surface area contributed by atoms with Crippen molar-refractivity contribution in [3.63, 3.8) is 0 Å². The molecule has 1 unspecified atom stereocenters. The number of carboxylic acids is 1. The molecule has 0 spiro atoms. The van der Waals surface area contributed by atoms with Crippen molar-refractivity contribution in [2.45, 2.75) is 12.8 Å². The summed E-state index contributed by atoms with van der Waals surface area (Å²) in [4.78, 5) is 24.9. The van der Waals surface area contributed by atoms with Gasteiger partial charge >= 0.3 is 12.0 Å². The Balaban J connectivity index is 1.72. The molecule has 3 rings (SSSR count). The molecular weight excluding hydrogens is 341 g/mol. The molecule has 1 atom stereocenters. The molecule has 2 N–H and O–H groups in total. The van der Waals surface area contributed by atoms with E-state index in [0.29, 0.717) is 25.1 Å². The van der Waals surface area contributed by atoms with Crippen molar-refractivity contribution in [1.82, 2.24) is 14.7 Å². The van der Waals surface area contributed by atoms with Crippen molar-refractivity contribution in [3.05, 3.63) is 41.8 Å². The van der Waals surface area contributed by atoms with E-state index in [4.69, 9.17) is 10.4 Å². The van der Waals surface area contributed by atoms with Gasteiger partial charge in [0.1, 0.15) is 11.9 Å². The second-order valence-electron chi connectivity index (χ2n) is 5.97. The third kappa shape index (κ3) is 3.64. The lowest BCUT2D eigenvalue weighted by Crippen LogP contribution is -2.44. The standard InChI is InChI=1S/C17H16FN5O3/c18-13-3-4-14(12(8-13)9-19)23-7-5-15(21-23)20-17(26)22-6-1-2-11(10-22)16(24)25/h3-5,7-8,11H,1-2,6,10H2,(H,24,25)(H,20,21,26). The van der Waals surface area contributed by atoms with Crippen LogP contribution in [0.5, 0.6) is 0 Å². The lowest BCUT2D eigenvalue weighted by Gasteiger charge is -2.30. The molecule has 2 amide bonds. The molecule has 1 aliphatic rings. The maximum atomic E-state index is 13.2. The van der Waals surface area contributed by atoms with Crippen LogP contribution in [0, 0.1) is 23.1 Å². The summed E-state index contributed by atoms with van der Waals surface area (Å²) in [5.74, 6) is -1.75. The van der Waals surface area contributed by atoms with Crippen molar-refractivity contribution in [2.75, 3.05) is 18.4 Å². The Morgan fingerprint density at radius 1 is 1.38 bits per heavy atom. The van der Waals surface area contributed by atoms with Gasteiger partial charge in [0.05, 0.1) is 17.2 Å². The first-order valence-corrected chi connectivity index (χ1v) is 8.02. The van der Waals surface area contributed by atoms with Crippen LogP contribution >= 0.6 is 0 Å². The monoisotopic (exact) mass is 357 g/mol. The molecule has 9 heteroatoms. The summed E-state index contributed by atoms with van der Waals surface area (Å²) >= 11 is 0. The van der Waals surface area contributed by atoms with E-state index in [-0.39, 0.29) is 17.9 Å². The lowest BCUT2D eigenvalue weighted by atomic mass is 9.99. The number of carbonyl (C=O) groups excluding carboxylic acids is 1. The molecule has 0 bridgehead atoms. The number of piperidine rings is 1. The Kier molecular flexibility index (Phi) is 4.84. The molecule has 1 fully saturated rings. The zero-order valence-electron chi connectivity index (χ0n) is 13.7. The van der Waals surface area contributed by atoms with E-state index in [0.717, 1.165) is 6.07 Å². The summed E-state index contributed by atoms with van der Waals surface area (Å²) in [7, 11) is 0. The maximum Gasteiger partial charge on any atom is 0.323 e. The molecule has 0 saturated carbocycles. The topological polar surface area (TPSA) is 111 Å². The first-order valence-electron chi connectivity index (χ1n) is 8.02. The molecule has 1 aromatic heterocycles. The summed E-state index contributed by atoms with van der Waals surface area (Å²) < 4.78 is 14.6. The number of carbonyl (C=O) groups is 2. The third-order valence-corrected chi connectivity index (χ3v) is 4.21. The summed E-state index contributed by atoms with van der Waals surface area (Å²) in [5, 5.41) is 25.0. The first-order chi connectivity index (χ1) is 12.5. The highest BCUT2D eigenvalue weighted by Crippen LogP contribution is 2.19.